The second-order valence-electron chi connectivity index (χ2n) is 5.78. The van der Waals surface area contributed by atoms with E-state index >= 15 is 0 Å². The summed E-state index contributed by atoms with van der Waals surface area (Å²) >= 11 is 0. The van der Waals surface area contributed by atoms with Crippen molar-refractivity contribution in [2.45, 2.75) is 46.7 Å². The quantitative estimate of drug-likeness (QED) is 0.877. The molecule has 0 aliphatic heterocycles. The fourth-order valence-electron chi connectivity index (χ4n) is 2.47. The van der Waals surface area contributed by atoms with Gasteiger partial charge in [-0.05, 0) is 26.7 Å². The molecule has 0 fully saturated rings. The normalized spacial score (nSPS) is 14.9. The average molecular weight is 276 g/mol. The van der Waals surface area contributed by atoms with Crippen molar-refractivity contribution in [1.29, 1.82) is 0 Å². The Hall–Kier alpha value is -1.46. The highest BCUT2D eigenvalue weighted by Gasteiger charge is 2.18. The molecule has 20 heavy (non-hydrogen) atoms. The van der Waals surface area contributed by atoms with Crippen LogP contribution in [-0.4, -0.2) is 32.4 Å². The van der Waals surface area contributed by atoms with E-state index in [1.807, 2.05) is 23.7 Å². The van der Waals surface area contributed by atoms with Crippen LogP contribution in [0.2, 0.25) is 0 Å². The molecule has 0 aliphatic rings. The predicted octanol–water partition coefficient (Wildman–Crippen LogP) is 2.01. The summed E-state index contributed by atoms with van der Waals surface area (Å²) in [4.78, 5) is 4.46. The van der Waals surface area contributed by atoms with Crippen molar-refractivity contribution >= 4 is 5.65 Å². The van der Waals surface area contributed by atoms with E-state index in [4.69, 9.17) is 0 Å². The molecule has 0 aromatic carbocycles. The highest BCUT2D eigenvalue weighted by atomic mass is 16.3. The maximum Gasteiger partial charge on any atom is 0.155 e. The van der Waals surface area contributed by atoms with E-state index in [-0.39, 0.29) is 18.7 Å². The van der Waals surface area contributed by atoms with E-state index in [1.54, 1.807) is 0 Å². The van der Waals surface area contributed by atoms with Crippen LogP contribution in [0.15, 0.2) is 12.3 Å². The molecule has 2 N–H and O–H groups in total. The molecule has 2 aromatic heterocycles. The monoisotopic (exact) mass is 276 g/mol. The summed E-state index contributed by atoms with van der Waals surface area (Å²) in [7, 11) is 0. The van der Waals surface area contributed by atoms with Crippen LogP contribution in [0.5, 0.6) is 0 Å². The largest absolute Gasteiger partial charge is 0.395 e. The highest BCUT2D eigenvalue weighted by molar-refractivity contribution is 5.42. The number of nitrogens with one attached hydrogen (secondary N) is 1. The first-order valence-electron chi connectivity index (χ1n) is 7.12. The number of rotatable bonds is 5. The van der Waals surface area contributed by atoms with Crippen molar-refractivity contribution in [2.24, 2.45) is 5.92 Å². The fourth-order valence-corrected chi connectivity index (χ4v) is 2.47. The van der Waals surface area contributed by atoms with Gasteiger partial charge in [0.05, 0.1) is 12.3 Å². The predicted molar refractivity (Wildman–Crippen MR) is 79.7 cm³/mol. The Labute approximate surface area is 120 Å². The number of aromatic nitrogens is 3. The standard InChI is InChI=1S/C15H24N4O/c1-9(2)14(8-20)17-11(4)13-7-16-15-6-10(3)18-19(15)12(13)5/h6-7,9,11,14,17,20H,8H2,1-5H3/t11?,14-/m1/s1. The number of fused-ring (bicyclic) bond motifs is 1. The topological polar surface area (TPSA) is 62.5 Å². The van der Waals surface area contributed by atoms with E-state index in [0.717, 1.165) is 22.6 Å². The van der Waals surface area contributed by atoms with Crippen molar-refractivity contribution in [1.82, 2.24) is 19.9 Å². The first-order valence-corrected chi connectivity index (χ1v) is 7.12. The number of aliphatic hydroxyl groups excluding tert-OH is 1. The van der Waals surface area contributed by atoms with E-state index in [2.05, 4.69) is 43.1 Å². The van der Waals surface area contributed by atoms with Crippen LogP contribution >= 0.6 is 0 Å². The Balaban J connectivity index is 2.30. The number of hydrogen-bond donors (Lipinski definition) is 2. The second-order valence-corrected chi connectivity index (χ2v) is 5.78. The molecule has 0 amide bonds. The van der Waals surface area contributed by atoms with Crippen molar-refractivity contribution < 1.29 is 5.11 Å². The molecular formula is C15H24N4O. The molecule has 2 aromatic rings. The van der Waals surface area contributed by atoms with Gasteiger partial charge in [-0.15, -0.1) is 0 Å². The zero-order valence-electron chi connectivity index (χ0n) is 12.9. The van der Waals surface area contributed by atoms with Crippen LogP contribution in [0.25, 0.3) is 5.65 Å². The smallest absolute Gasteiger partial charge is 0.155 e. The average Bonchev–Trinajstić information content (AvgIpc) is 2.77. The lowest BCUT2D eigenvalue weighted by molar-refractivity contribution is 0.201. The van der Waals surface area contributed by atoms with Gasteiger partial charge in [0.2, 0.25) is 0 Å². The van der Waals surface area contributed by atoms with Gasteiger partial charge in [0, 0.05) is 35.6 Å². The minimum Gasteiger partial charge on any atom is -0.395 e. The zero-order valence-corrected chi connectivity index (χ0v) is 12.9. The maximum absolute atomic E-state index is 9.44. The van der Waals surface area contributed by atoms with Crippen molar-refractivity contribution in [3.8, 4) is 0 Å². The third-order valence-corrected chi connectivity index (χ3v) is 3.82. The first kappa shape index (κ1) is 14.9. The summed E-state index contributed by atoms with van der Waals surface area (Å²) in [5.41, 5.74) is 4.04. The van der Waals surface area contributed by atoms with Crippen LogP contribution in [0.4, 0.5) is 0 Å². The molecule has 5 heteroatoms. The first-order chi connectivity index (χ1) is 9.43. The Bertz CT molecular complexity index is 591. The molecule has 5 nitrogen and oxygen atoms in total. The van der Waals surface area contributed by atoms with Crippen LogP contribution in [0.3, 0.4) is 0 Å². The van der Waals surface area contributed by atoms with Gasteiger partial charge >= 0.3 is 0 Å². The van der Waals surface area contributed by atoms with Gasteiger partial charge in [-0.3, -0.25) is 0 Å². The molecule has 110 valence electrons. The van der Waals surface area contributed by atoms with Gasteiger partial charge in [0.1, 0.15) is 0 Å². The van der Waals surface area contributed by atoms with Gasteiger partial charge in [-0.1, -0.05) is 13.8 Å². The van der Waals surface area contributed by atoms with E-state index in [0.29, 0.717) is 5.92 Å². The van der Waals surface area contributed by atoms with Gasteiger partial charge < -0.3 is 10.4 Å². The van der Waals surface area contributed by atoms with Crippen LogP contribution in [0.1, 0.15) is 43.8 Å². The molecule has 1 unspecified atom stereocenters. The molecule has 0 saturated carbocycles. The molecule has 0 radical (unpaired) electrons. The molecule has 2 rings (SSSR count). The van der Waals surface area contributed by atoms with Crippen molar-refractivity contribution in [3.63, 3.8) is 0 Å². The summed E-state index contributed by atoms with van der Waals surface area (Å²) in [6, 6.07) is 2.18. The van der Waals surface area contributed by atoms with E-state index in [9.17, 15) is 5.11 Å². The van der Waals surface area contributed by atoms with E-state index in [1.165, 1.54) is 0 Å². The van der Waals surface area contributed by atoms with E-state index < -0.39 is 0 Å². The minimum atomic E-state index is 0.0828. The molecule has 2 atom stereocenters. The summed E-state index contributed by atoms with van der Waals surface area (Å²) < 4.78 is 1.88. The number of nitrogens with zero attached hydrogens (tertiary/aromatic N) is 3. The van der Waals surface area contributed by atoms with Gasteiger partial charge in [0.15, 0.2) is 5.65 Å². The summed E-state index contributed by atoms with van der Waals surface area (Å²) in [6.07, 6.45) is 1.90. The molecule has 2 heterocycles. The zero-order chi connectivity index (χ0) is 14.9. The van der Waals surface area contributed by atoms with Crippen LogP contribution in [0, 0.1) is 19.8 Å². The highest BCUT2D eigenvalue weighted by Crippen LogP contribution is 2.19. The molecule has 0 aliphatic carbocycles. The Morgan fingerprint density at radius 2 is 2.00 bits per heavy atom. The fraction of sp³-hybridized carbons (Fsp3) is 0.600. The van der Waals surface area contributed by atoms with Crippen molar-refractivity contribution in [3.05, 3.63) is 29.2 Å². The van der Waals surface area contributed by atoms with Crippen LogP contribution in [-0.2, 0) is 0 Å². The summed E-state index contributed by atoms with van der Waals surface area (Å²) in [5, 5.41) is 17.4. The molecular weight excluding hydrogens is 252 g/mol. The Morgan fingerprint density at radius 3 is 2.60 bits per heavy atom. The lowest BCUT2D eigenvalue weighted by Gasteiger charge is -2.25. The number of aryl methyl sites for hydroxylation is 2. The second kappa shape index (κ2) is 5.89. The lowest BCUT2D eigenvalue weighted by Crippen LogP contribution is -2.39. The summed E-state index contributed by atoms with van der Waals surface area (Å²) in [6.45, 7) is 10.5. The van der Waals surface area contributed by atoms with Gasteiger partial charge in [-0.2, -0.15) is 5.10 Å². The SMILES string of the molecule is Cc1cc2ncc(C(C)N[C@H](CO)C(C)C)c(C)n2n1. The third-order valence-electron chi connectivity index (χ3n) is 3.82. The third kappa shape index (κ3) is 2.83. The maximum atomic E-state index is 9.44. The molecule has 0 spiro atoms. The van der Waals surface area contributed by atoms with Crippen molar-refractivity contribution in [2.75, 3.05) is 6.61 Å². The molecule has 0 bridgehead atoms. The Morgan fingerprint density at radius 1 is 1.30 bits per heavy atom. The lowest BCUT2D eigenvalue weighted by atomic mass is 10.0. The van der Waals surface area contributed by atoms with Gasteiger partial charge in [0.25, 0.3) is 0 Å². The number of hydrogen-bond acceptors (Lipinski definition) is 4. The Kier molecular flexibility index (Phi) is 4.40. The summed E-state index contributed by atoms with van der Waals surface area (Å²) in [5.74, 6) is 0.381. The minimum absolute atomic E-state index is 0.0828. The molecule has 0 saturated heterocycles. The van der Waals surface area contributed by atoms with Crippen LogP contribution < -0.4 is 5.32 Å². The number of aliphatic hydroxyl groups is 1. The van der Waals surface area contributed by atoms with Gasteiger partial charge in [-0.25, -0.2) is 9.50 Å².